The minimum atomic E-state index is -0.260. The number of hydrazone groups is 1. The molecule has 1 amide bonds. The van der Waals surface area contributed by atoms with E-state index in [1.807, 2.05) is 36.4 Å². The Bertz CT molecular complexity index is 888. The molecule has 0 aliphatic heterocycles. The van der Waals surface area contributed by atoms with Gasteiger partial charge in [-0.1, -0.05) is 61.7 Å². The third-order valence-electron chi connectivity index (χ3n) is 4.92. The van der Waals surface area contributed by atoms with Crippen LogP contribution >= 0.6 is 11.6 Å². The number of rotatable bonds is 9. The third kappa shape index (κ3) is 6.20. The van der Waals surface area contributed by atoms with Crippen LogP contribution in [0, 0.1) is 0 Å². The topological polar surface area (TPSA) is 50.7 Å². The van der Waals surface area contributed by atoms with E-state index in [0.29, 0.717) is 22.9 Å². The zero-order valence-corrected chi connectivity index (χ0v) is 17.5. The number of carbonyl (C=O) groups is 1. The van der Waals surface area contributed by atoms with Gasteiger partial charge >= 0.3 is 0 Å². The van der Waals surface area contributed by atoms with Crippen LogP contribution in [0.25, 0.3) is 0 Å². The highest BCUT2D eigenvalue weighted by Crippen LogP contribution is 2.22. The molecule has 0 unspecified atom stereocenters. The second kappa shape index (κ2) is 10.8. The van der Waals surface area contributed by atoms with Gasteiger partial charge in [0, 0.05) is 5.02 Å². The van der Waals surface area contributed by atoms with Gasteiger partial charge in [0.05, 0.1) is 11.3 Å². The number of hydrogen-bond acceptors (Lipinski definition) is 3. The largest absolute Gasteiger partial charge is 0.488 e. The van der Waals surface area contributed by atoms with Crippen molar-refractivity contribution in [2.24, 2.45) is 5.10 Å². The molecule has 1 N–H and O–H groups in total. The molecule has 2 aromatic rings. The predicted molar refractivity (Wildman–Crippen MR) is 119 cm³/mol. The van der Waals surface area contributed by atoms with Gasteiger partial charge in [0.1, 0.15) is 12.4 Å². The lowest BCUT2D eigenvalue weighted by atomic mass is 10.1. The van der Waals surface area contributed by atoms with Crippen LogP contribution in [-0.2, 0) is 6.61 Å². The van der Waals surface area contributed by atoms with E-state index in [4.69, 9.17) is 16.3 Å². The minimum absolute atomic E-state index is 0.260. The number of benzene rings is 2. The van der Waals surface area contributed by atoms with Crippen molar-refractivity contribution >= 4 is 23.2 Å². The van der Waals surface area contributed by atoms with Gasteiger partial charge in [0.2, 0.25) is 0 Å². The Labute approximate surface area is 177 Å². The minimum Gasteiger partial charge on any atom is -0.488 e. The zero-order valence-electron chi connectivity index (χ0n) is 16.8. The van der Waals surface area contributed by atoms with Crippen LogP contribution in [0.4, 0.5) is 0 Å². The maximum absolute atomic E-state index is 12.7. The maximum atomic E-state index is 12.7. The van der Waals surface area contributed by atoms with Crippen LogP contribution in [-0.4, -0.2) is 11.6 Å². The van der Waals surface area contributed by atoms with Crippen LogP contribution in [0.5, 0.6) is 5.75 Å². The summed E-state index contributed by atoms with van der Waals surface area (Å²) in [7, 11) is 0. The number of nitrogens with zero attached hydrogens (tertiary/aromatic N) is 1. The Hall–Kier alpha value is -2.59. The number of para-hydroxylation sites is 1. The number of unbranched alkanes of at least 4 members (excludes halogenated alkanes) is 2. The number of carbonyl (C=O) groups excluding carboxylic acids is 1. The lowest BCUT2D eigenvalue weighted by Gasteiger charge is -2.11. The number of nitrogens with one attached hydrogen (secondary N) is 1. The second-order valence-electron chi connectivity index (χ2n) is 7.14. The summed E-state index contributed by atoms with van der Waals surface area (Å²) in [5.74, 6) is 0.272. The summed E-state index contributed by atoms with van der Waals surface area (Å²) in [6, 6.07) is 14.7. The quantitative estimate of drug-likeness (QED) is 0.389. The zero-order chi connectivity index (χ0) is 20.5. The standard InChI is InChI=1S/C24H27ClN2O2/c1-2-3-4-8-19-9-7-11-22(19)26-27-24(28)21-10-5-6-12-23(21)29-17-18-13-15-20(25)16-14-18/h5-6,9-10,12-16H,2-4,7-8,11,17H2,1H3,(H,27,28). The lowest BCUT2D eigenvalue weighted by Crippen LogP contribution is -2.20. The molecule has 29 heavy (non-hydrogen) atoms. The second-order valence-corrected chi connectivity index (χ2v) is 7.57. The summed E-state index contributed by atoms with van der Waals surface area (Å²) < 4.78 is 5.88. The van der Waals surface area contributed by atoms with Crippen molar-refractivity contribution in [1.82, 2.24) is 5.43 Å². The van der Waals surface area contributed by atoms with E-state index in [-0.39, 0.29) is 5.91 Å². The first kappa shape index (κ1) is 21.1. The Morgan fingerprint density at radius 2 is 1.93 bits per heavy atom. The highest BCUT2D eigenvalue weighted by Gasteiger charge is 2.15. The van der Waals surface area contributed by atoms with Gasteiger partial charge in [-0.2, -0.15) is 5.10 Å². The molecule has 0 heterocycles. The first-order valence-corrected chi connectivity index (χ1v) is 10.6. The molecule has 3 rings (SSSR count). The highest BCUT2D eigenvalue weighted by atomic mass is 35.5. The van der Waals surface area contributed by atoms with Gasteiger partial charge in [-0.05, 0) is 61.1 Å². The molecule has 4 nitrogen and oxygen atoms in total. The van der Waals surface area contributed by atoms with E-state index in [1.54, 1.807) is 12.1 Å². The summed E-state index contributed by atoms with van der Waals surface area (Å²) in [6.45, 7) is 2.56. The molecule has 152 valence electrons. The predicted octanol–water partition coefficient (Wildman–Crippen LogP) is 6.31. The van der Waals surface area contributed by atoms with Crippen LogP contribution in [0.3, 0.4) is 0 Å². The molecule has 0 saturated carbocycles. The first-order valence-electron chi connectivity index (χ1n) is 10.2. The molecule has 0 spiro atoms. The number of halogens is 1. The van der Waals surface area contributed by atoms with Gasteiger partial charge in [-0.25, -0.2) is 5.43 Å². The number of allylic oxidation sites excluding steroid dienone is 2. The van der Waals surface area contributed by atoms with Crippen LogP contribution in [0.1, 0.15) is 61.4 Å². The van der Waals surface area contributed by atoms with Crippen molar-refractivity contribution in [2.45, 2.75) is 52.1 Å². The van der Waals surface area contributed by atoms with Gasteiger partial charge in [0.15, 0.2) is 0 Å². The molecule has 0 fully saturated rings. The van der Waals surface area contributed by atoms with Crippen LogP contribution in [0.2, 0.25) is 5.02 Å². The Balaban J connectivity index is 1.62. The summed E-state index contributed by atoms with van der Waals surface area (Å²) in [5, 5.41) is 5.09. The van der Waals surface area contributed by atoms with Crippen LogP contribution < -0.4 is 10.2 Å². The Morgan fingerprint density at radius 1 is 1.14 bits per heavy atom. The number of amides is 1. The van der Waals surface area contributed by atoms with Gasteiger partial charge in [-0.15, -0.1) is 0 Å². The SMILES string of the molecule is CCCCCC1=CCCC1=NNC(=O)c1ccccc1OCc1ccc(Cl)cc1. The van der Waals surface area contributed by atoms with Gasteiger partial charge < -0.3 is 4.74 Å². The summed E-state index contributed by atoms with van der Waals surface area (Å²) in [6.07, 6.45) is 8.73. The molecular formula is C24H27ClN2O2. The van der Waals surface area contributed by atoms with Gasteiger partial charge in [-0.3, -0.25) is 4.79 Å². The van der Waals surface area contributed by atoms with Crippen molar-refractivity contribution in [2.75, 3.05) is 0 Å². The van der Waals surface area contributed by atoms with E-state index >= 15 is 0 Å². The van der Waals surface area contributed by atoms with E-state index < -0.39 is 0 Å². The van der Waals surface area contributed by atoms with Crippen LogP contribution in [0.15, 0.2) is 65.3 Å². The highest BCUT2D eigenvalue weighted by molar-refractivity contribution is 6.30. The van der Waals surface area contributed by atoms with E-state index in [2.05, 4.69) is 23.5 Å². The fraction of sp³-hybridized carbons (Fsp3) is 0.333. The average molecular weight is 411 g/mol. The van der Waals surface area contributed by atoms with E-state index in [9.17, 15) is 4.79 Å². The number of hydrogen-bond donors (Lipinski definition) is 1. The third-order valence-corrected chi connectivity index (χ3v) is 5.18. The van der Waals surface area contributed by atoms with Crippen molar-refractivity contribution in [3.8, 4) is 5.75 Å². The molecule has 1 aliphatic carbocycles. The molecule has 5 heteroatoms. The molecule has 0 bridgehead atoms. The Kier molecular flexibility index (Phi) is 7.88. The molecule has 2 aromatic carbocycles. The molecule has 0 radical (unpaired) electrons. The summed E-state index contributed by atoms with van der Waals surface area (Å²) >= 11 is 5.92. The monoisotopic (exact) mass is 410 g/mol. The first-order chi connectivity index (χ1) is 14.2. The molecule has 0 saturated heterocycles. The maximum Gasteiger partial charge on any atom is 0.275 e. The fourth-order valence-corrected chi connectivity index (χ4v) is 3.43. The van der Waals surface area contributed by atoms with Crippen molar-refractivity contribution in [3.63, 3.8) is 0 Å². The smallest absolute Gasteiger partial charge is 0.275 e. The fourth-order valence-electron chi connectivity index (χ4n) is 3.30. The number of ether oxygens (including phenoxy) is 1. The summed E-state index contributed by atoms with van der Waals surface area (Å²) in [5.41, 5.74) is 6.44. The lowest BCUT2D eigenvalue weighted by molar-refractivity contribution is 0.0950. The average Bonchev–Trinajstić information content (AvgIpc) is 3.19. The van der Waals surface area contributed by atoms with Crippen molar-refractivity contribution in [1.29, 1.82) is 0 Å². The van der Waals surface area contributed by atoms with E-state index in [0.717, 1.165) is 37.0 Å². The normalized spacial score (nSPS) is 14.7. The molecular weight excluding hydrogens is 384 g/mol. The molecule has 0 aromatic heterocycles. The van der Waals surface area contributed by atoms with Crippen molar-refractivity contribution < 1.29 is 9.53 Å². The van der Waals surface area contributed by atoms with Gasteiger partial charge in [0.25, 0.3) is 5.91 Å². The Morgan fingerprint density at radius 3 is 2.72 bits per heavy atom. The summed E-state index contributed by atoms with van der Waals surface area (Å²) in [4.78, 5) is 12.7. The van der Waals surface area contributed by atoms with E-state index in [1.165, 1.54) is 18.4 Å². The van der Waals surface area contributed by atoms with Crippen molar-refractivity contribution in [3.05, 3.63) is 76.3 Å². The molecule has 0 atom stereocenters. The molecule has 1 aliphatic rings.